The molecule has 4 heterocycles. The summed E-state index contributed by atoms with van der Waals surface area (Å²) >= 11 is 0. The molecule has 8 nitrogen and oxygen atoms in total. The second-order valence-corrected chi connectivity index (χ2v) is 9.29. The van der Waals surface area contributed by atoms with E-state index in [4.69, 9.17) is 4.74 Å². The van der Waals surface area contributed by atoms with Crippen molar-refractivity contribution in [3.05, 3.63) is 47.0 Å². The van der Waals surface area contributed by atoms with E-state index in [2.05, 4.69) is 19.8 Å². The van der Waals surface area contributed by atoms with E-state index in [0.29, 0.717) is 18.1 Å². The molecule has 0 bridgehead atoms. The molecule has 0 unspecified atom stereocenters. The number of carbonyl (C=O) groups is 1. The van der Waals surface area contributed by atoms with E-state index in [-0.39, 0.29) is 11.7 Å². The van der Waals surface area contributed by atoms with Crippen LogP contribution in [0.15, 0.2) is 41.5 Å². The number of anilines is 1. The Morgan fingerprint density at radius 2 is 2.06 bits per heavy atom. The molecule has 0 radical (unpaired) electrons. The minimum atomic E-state index is -0.165. The lowest BCUT2D eigenvalue weighted by Crippen LogP contribution is -2.58. The van der Waals surface area contributed by atoms with Gasteiger partial charge in [0.2, 0.25) is 5.56 Å². The number of nitrogens with one attached hydrogen (secondary N) is 1. The van der Waals surface area contributed by atoms with Gasteiger partial charge in [0.15, 0.2) is 0 Å². The fourth-order valence-electron chi connectivity index (χ4n) is 5.67. The average Bonchev–Trinajstić information content (AvgIpc) is 3.24. The number of amides is 1. The summed E-state index contributed by atoms with van der Waals surface area (Å²) in [7, 11) is 0. The van der Waals surface area contributed by atoms with E-state index >= 15 is 0 Å². The van der Waals surface area contributed by atoms with Crippen LogP contribution in [0.2, 0.25) is 0 Å². The Kier molecular flexibility index (Phi) is 5.63. The lowest BCUT2D eigenvalue weighted by molar-refractivity contribution is -0.00294. The molecule has 0 aromatic carbocycles. The molecule has 1 N–H and O–H groups in total. The van der Waals surface area contributed by atoms with E-state index in [0.717, 1.165) is 56.2 Å². The number of nitrogens with zero attached hydrogens (tertiary/aromatic N) is 4. The third kappa shape index (κ3) is 3.99. The maximum absolute atomic E-state index is 11.9. The monoisotopic (exact) mass is 437 g/mol. The lowest BCUT2D eigenvalue weighted by atomic mass is 9.78. The zero-order valence-electron chi connectivity index (χ0n) is 18.6. The fraction of sp³-hybridized carbons (Fsp3) is 0.542. The van der Waals surface area contributed by atoms with Crippen LogP contribution in [0, 0.1) is 5.41 Å². The second-order valence-electron chi connectivity index (χ2n) is 9.29. The van der Waals surface area contributed by atoms with Crippen molar-refractivity contribution in [1.29, 1.82) is 0 Å². The summed E-state index contributed by atoms with van der Waals surface area (Å²) in [6.07, 6.45) is 6.92. The highest BCUT2D eigenvalue weighted by atomic mass is 16.6. The maximum atomic E-state index is 11.9. The predicted molar refractivity (Wildman–Crippen MR) is 123 cm³/mol. The van der Waals surface area contributed by atoms with Gasteiger partial charge in [-0.25, -0.2) is 9.78 Å². The number of hydrogen-bond donors (Lipinski definition) is 1. The van der Waals surface area contributed by atoms with Gasteiger partial charge in [0.25, 0.3) is 0 Å². The molecule has 1 spiro atoms. The number of aromatic amines is 1. The molecule has 2 saturated heterocycles. The maximum Gasteiger partial charge on any atom is 0.409 e. The van der Waals surface area contributed by atoms with Gasteiger partial charge in [-0.3, -0.25) is 9.69 Å². The standard InChI is InChI=1S/C24H31N5O3/c1-2-32-23(31)29-16-24(17-29)7-5-19(15-24)27-10-12-28(13-11-27)22-20(4-3-8-26-22)18-6-9-25-21(30)14-18/h3-4,6,8-9,14,19H,2,5,7,10-13,15-17H2,1H3,(H,25,30)/t19-/m1/s1. The topological polar surface area (TPSA) is 81.8 Å². The van der Waals surface area contributed by atoms with Crippen LogP contribution in [0.1, 0.15) is 26.2 Å². The summed E-state index contributed by atoms with van der Waals surface area (Å²) in [5, 5.41) is 0. The highest BCUT2D eigenvalue weighted by molar-refractivity contribution is 5.75. The number of H-pyrrole nitrogens is 1. The molecule has 170 valence electrons. The first-order valence-electron chi connectivity index (χ1n) is 11.6. The number of hydrogen-bond acceptors (Lipinski definition) is 6. The number of rotatable bonds is 4. The molecule has 5 rings (SSSR count). The minimum absolute atomic E-state index is 0.102. The SMILES string of the molecule is CCOC(=O)N1CC2(CC[C@@H](N3CCN(c4ncccc4-c4cc[nH]c(=O)c4)CC3)C2)C1. The highest BCUT2D eigenvalue weighted by Crippen LogP contribution is 2.47. The fourth-order valence-corrected chi connectivity index (χ4v) is 5.67. The van der Waals surface area contributed by atoms with Gasteiger partial charge in [0.05, 0.1) is 6.61 Å². The zero-order chi connectivity index (χ0) is 22.1. The molecule has 2 aromatic rings. The Balaban J connectivity index is 1.19. The first-order chi connectivity index (χ1) is 15.6. The summed E-state index contributed by atoms with van der Waals surface area (Å²) in [4.78, 5) is 37.9. The van der Waals surface area contributed by atoms with Crippen LogP contribution in [0.5, 0.6) is 0 Å². The molecule has 32 heavy (non-hydrogen) atoms. The highest BCUT2D eigenvalue weighted by Gasteiger charge is 2.51. The Morgan fingerprint density at radius 1 is 1.25 bits per heavy atom. The van der Waals surface area contributed by atoms with Crippen molar-refractivity contribution in [1.82, 2.24) is 19.8 Å². The third-order valence-electron chi connectivity index (χ3n) is 7.26. The van der Waals surface area contributed by atoms with Crippen molar-refractivity contribution in [2.45, 2.75) is 32.2 Å². The molecule has 1 saturated carbocycles. The van der Waals surface area contributed by atoms with E-state index in [1.54, 1.807) is 12.3 Å². The summed E-state index contributed by atoms with van der Waals surface area (Å²) in [6.45, 7) is 7.84. The average molecular weight is 438 g/mol. The van der Waals surface area contributed by atoms with Gasteiger partial charge in [-0.15, -0.1) is 0 Å². The van der Waals surface area contributed by atoms with Crippen LogP contribution < -0.4 is 10.5 Å². The van der Waals surface area contributed by atoms with Crippen LogP contribution in [-0.4, -0.2) is 77.8 Å². The Hall–Kier alpha value is -2.87. The van der Waals surface area contributed by atoms with Gasteiger partial charge < -0.3 is 19.5 Å². The number of likely N-dealkylation sites (tertiary alicyclic amines) is 1. The normalized spacial score (nSPS) is 22.7. The zero-order valence-corrected chi connectivity index (χ0v) is 18.6. The first kappa shape index (κ1) is 21.0. The van der Waals surface area contributed by atoms with Crippen LogP contribution in [0.3, 0.4) is 0 Å². The van der Waals surface area contributed by atoms with E-state index in [1.165, 1.54) is 19.3 Å². The van der Waals surface area contributed by atoms with Gasteiger partial charge in [0, 0.05) is 74.7 Å². The molecular formula is C24H31N5O3. The van der Waals surface area contributed by atoms with E-state index in [9.17, 15) is 9.59 Å². The smallest absolute Gasteiger partial charge is 0.409 e. The van der Waals surface area contributed by atoms with Crippen LogP contribution in [0.4, 0.5) is 10.6 Å². The first-order valence-corrected chi connectivity index (χ1v) is 11.6. The van der Waals surface area contributed by atoms with Gasteiger partial charge in [-0.1, -0.05) is 0 Å². The minimum Gasteiger partial charge on any atom is -0.450 e. The van der Waals surface area contributed by atoms with Crippen molar-refractivity contribution in [3.8, 4) is 11.1 Å². The molecule has 1 atom stereocenters. The van der Waals surface area contributed by atoms with Crippen molar-refractivity contribution >= 4 is 11.9 Å². The molecule has 1 aliphatic carbocycles. The molecule has 2 aliphatic heterocycles. The van der Waals surface area contributed by atoms with Crippen LogP contribution in [-0.2, 0) is 4.74 Å². The molecule has 3 aliphatic rings. The summed E-state index contributed by atoms with van der Waals surface area (Å²) in [6, 6.07) is 8.11. The molecule has 3 fully saturated rings. The summed E-state index contributed by atoms with van der Waals surface area (Å²) < 4.78 is 5.14. The van der Waals surface area contributed by atoms with Crippen LogP contribution in [0.25, 0.3) is 11.1 Å². The van der Waals surface area contributed by atoms with Crippen molar-refractivity contribution in [2.75, 3.05) is 50.8 Å². The van der Waals surface area contributed by atoms with Crippen molar-refractivity contribution in [3.63, 3.8) is 0 Å². The Morgan fingerprint density at radius 3 is 2.81 bits per heavy atom. The van der Waals surface area contributed by atoms with Crippen molar-refractivity contribution < 1.29 is 9.53 Å². The number of piperazine rings is 1. The van der Waals surface area contributed by atoms with E-state index < -0.39 is 0 Å². The Labute approximate surface area is 188 Å². The lowest BCUT2D eigenvalue weighted by Gasteiger charge is -2.48. The van der Waals surface area contributed by atoms with Crippen molar-refractivity contribution in [2.24, 2.45) is 5.41 Å². The summed E-state index contributed by atoms with van der Waals surface area (Å²) in [5.74, 6) is 0.949. The van der Waals surface area contributed by atoms with Gasteiger partial charge in [0.1, 0.15) is 5.82 Å². The van der Waals surface area contributed by atoms with Crippen LogP contribution >= 0.6 is 0 Å². The number of ether oxygens (including phenoxy) is 1. The molecule has 8 heteroatoms. The largest absolute Gasteiger partial charge is 0.450 e. The van der Waals surface area contributed by atoms with Gasteiger partial charge >= 0.3 is 6.09 Å². The number of carbonyl (C=O) groups excluding carboxylic acids is 1. The second kappa shape index (κ2) is 8.58. The van der Waals surface area contributed by atoms with Gasteiger partial charge in [-0.05, 0) is 49.9 Å². The van der Waals surface area contributed by atoms with E-state index in [1.807, 2.05) is 36.2 Å². The quantitative estimate of drug-likeness (QED) is 0.792. The number of pyridine rings is 2. The molecule has 1 amide bonds. The van der Waals surface area contributed by atoms with Gasteiger partial charge in [-0.2, -0.15) is 0 Å². The predicted octanol–water partition coefficient (Wildman–Crippen LogP) is 2.57. The summed E-state index contributed by atoms with van der Waals surface area (Å²) in [5.41, 5.74) is 2.09. The molecular weight excluding hydrogens is 406 g/mol. The molecule has 2 aromatic heterocycles. The Bertz CT molecular complexity index is 1020. The number of aromatic nitrogens is 2. The third-order valence-corrected chi connectivity index (χ3v) is 7.26.